The molecule has 5 heteroatoms. The summed E-state index contributed by atoms with van der Waals surface area (Å²) in [7, 11) is 1.60. The van der Waals surface area contributed by atoms with Crippen LogP contribution < -0.4 is 10.1 Å². The Kier molecular flexibility index (Phi) is 4.95. The lowest BCUT2D eigenvalue weighted by Crippen LogP contribution is -2.38. The molecule has 1 saturated carbocycles. The van der Waals surface area contributed by atoms with Gasteiger partial charge in [-0.2, -0.15) is 11.8 Å². The first-order chi connectivity index (χ1) is 8.76. The molecule has 2 rings (SSSR count). The van der Waals surface area contributed by atoms with E-state index >= 15 is 0 Å². The number of rotatable bonds is 5. The minimum Gasteiger partial charge on any atom is -0.495 e. The molecule has 0 spiro atoms. The predicted octanol–water partition coefficient (Wildman–Crippen LogP) is 3.16. The molecule has 2 atom stereocenters. The minimum atomic E-state index is 0.00968. The van der Waals surface area contributed by atoms with Crippen LogP contribution in [0.5, 0.6) is 5.75 Å². The van der Waals surface area contributed by atoms with E-state index in [1.807, 2.05) is 23.2 Å². The quantitative estimate of drug-likeness (QED) is 0.903. The Bertz CT molecular complexity index is 405. The van der Waals surface area contributed by atoms with Crippen molar-refractivity contribution in [2.24, 2.45) is 0 Å². The average Bonchev–Trinajstić information content (AvgIpc) is 2.98. The number of carbonyl (C=O) groups excluding carboxylic acids is 1. The van der Waals surface area contributed by atoms with Crippen molar-refractivity contribution < 1.29 is 9.53 Å². The van der Waals surface area contributed by atoms with Crippen LogP contribution in [-0.4, -0.2) is 30.1 Å². The van der Waals surface area contributed by atoms with Crippen molar-refractivity contribution >= 4 is 29.0 Å². The summed E-state index contributed by atoms with van der Waals surface area (Å²) in [6, 6.07) is 2.15. The molecule has 1 fully saturated rings. The predicted molar refractivity (Wildman–Crippen MR) is 77.9 cm³/mol. The number of nitrogens with one attached hydrogen (secondary N) is 1. The second-order valence-electron chi connectivity index (χ2n) is 4.32. The lowest BCUT2D eigenvalue weighted by atomic mass is 10.2. The molecule has 0 unspecified atom stereocenters. The molecule has 1 aromatic heterocycles. The summed E-state index contributed by atoms with van der Waals surface area (Å²) in [6.07, 6.45) is 3.52. The minimum absolute atomic E-state index is 0.00968. The third-order valence-electron chi connectivity index (χ3n) is 3.21. The van der Waals surface area contributed by atoms with Crippen LogP contribution in [0.3, 0.4) is 0 Å². The summed E-state index contributed by atoms with van der Waals surface area (Å²) in [6.45, 7) is 2.17. The van der Waals surface area contributed by atoms with Gasteiger partial charge in [-0.05, 0) is 30.0 Å². The molecule has 1 heterocycles. The summed E-state index contributed by atoms with van der Waals surface area (Å²) in [5, 5.41) is 5.63. The Balaban J connectivity index is 1.98. The van der Waals surface area contributed by atoms with Gasteiger partial charge in [0, 0.05) is 11.3 Å². The zero-order chi connectivity index (χ0) is 13.0. The Morgan fingerprint density at radius 1 is 1.61 bits per heavy atom. The number of amides is 1. The largest absolute Gasteiger partial charge is 0.495 e. The lowest BCUT2D eigenvalue weighted by molar-refractivity contribution is 0.0940. The van der Waals surface area contributed by atoms with E-state index in [0.717, 1.165) is 12.2 Å². The fourth-order valence-corrected chi connectivity index (χ4v) is 4.32. The number of thiophene rings is 1. The van der Waals surface area contributed by atoms with Crippen molar-refractivity contribution in [2.45, 2.75) is 37.5 Å². The topological polar surface area (TPSA) is 38.3 Å². The van der Waals surface area contributed by atoms with Gasteiger partial charge in [-0.3, -0.25) is 4.79 Å². The van der Waals surface area contributed by atoms with Gasteiger partial charge in [-0.15, -0.1) is 11.3 Å². The van der Waals surface area contributed by atoms with E-state index in [-0.39, 0.29) is 5.91 Å². The first kappa shape index (κ1) is 13.7. The van der Waals surface area contributed by atoms with E-state index in [4.69, 9.17) is 4.74 Å². The average molecular weight is 285 g/mol. The first-order valence-corrected chi connectivity index (χ1v) is 8.23. The van der Waals surface area contributed by atoms with E-state index in [1.54, 1.807) is 7.11 Å². The molecule has 0 saturated heterocycles. The van der Waals surface area contributed by atoms with Gasteiger partial charge >= 0.3 is 0 Å². The number of methoxy groups -OCH3 is 1. The molecule has 1 amide bonds. The SMILES string of the molecule is CCS[C@H]1CCC[C@H]1NC(=O)c1sccc1OC. The van der Waals surface area contributed by atoms with E-state index in [1.165, 1.54) is 24.2 Å². The highest BCUT2D eigenvalue weighted by molar-refractivity contribution is 7.99. The zero-order valence-corrected chi connectivity index (χ0v) is 12.4. The normalized spacial score (nSPS) is 23.0. The molecule has 0 radical (unpaired) electrons. The van der Waals surface area contributed by atoms with Gasteiger partial charge in [0.25, 0.3) is 5.91 Å². The van der Waals surface area contributed by atoms with Gasteiger partial charge in [-0.25, -0.2) is 0 Å². The maximum absolute atomic E-state index is 12.2. The highest BCUT2D eigenvalue weighted by atomic mass is 32.2. The van der Waals surface area contributed by atoms with Crippen LogP contribution >= 0.6 is 23.1 Å². The first-order valence-electron chi connectivity index (χ1n) is 6.30. The maximum atomic E-state index is 12.2. The van der Waals surface area contributed by atoms with Gasteiger partial charge in [-0.1, -0.05) is 13.3 Å². The van der Waals surface area contributed by atoms with Crippen LogP contribution in [0.15, 0.2) is 11.4 Å². The molecule has 100 valence electrons. The second kappa shape index (κ2) is 6.48. The van der Waals surface area contributed by atoms with Crippen LogP contribution in [-0.2, 0) is 0 Å². The van der Waals surface area contributed by atoms with E-state index < -0.39 is 0 Å². The van der Waals surface area contributed by atoms with Crippen LogP contribution in [0.1, 0.15) is 35.9 Å². The third kappa shape index (κ3) is 3.01. The smallest absolute Gasteiger partial charge is 0.265 e. The highest BCUT2D eigenvalue weighted by Gasteiger charge is 2.29. The summed E-state index contributed by atoms with van der Waals surface area (Å²) < 4.78 is 5.19. The molecular formula is C13H19NO2S2. The fraction of sp³-hybridized carbons (Fsp3) is 0.615. The number of carbonyl (C=O) groups is 1. The molecular weight excluding hydrogens is 266 g/mol. The standard InChI is InChI=1S/C13H19NO2S2/c1-3-17-11-6-4-5-9(11)14-13(15)12-10(16-2)7-8-18-12/h7-9,11H,3-6H2,1-2H3,(H,14,15)/t9-,11+/m1/s1. The van der Waals surface area contributed by atoms with Crippen molar-refractivity contribution in [3.05, 3.63) is 16.3 Å². The van der Waals surface area contributed by atoms with Crippen molar-refractivity contribution in [1.82, 2.24) is 5.32 Å². The van der Waals surface area contributed by atoms with Crippen LogP contribution in [0, 0.1) is 0 Å². The summed E-state index contributed by atoms with van der Waals surface area (Å²) in [4.78, 5) is 12.9. The molecule has 0 aliphatic heterocycles. The van der Waals surface area contributed by atoms with Crippen LogP contribution in [0.2, 0.25) is 0 Å². The zero-order valence-electron chi connectivity index (χ0n) is 10.8. The Hall–Kier alpha value is -0.680. The maximum Gasteiger partial charge on any atom is 0.265 e. The summed E-state index contributed by atoms with van der Waals surface area (Å²) in [5.41, 5.74) is 0. The Morgan fingerprint density at radius 2 is 2.44 bits per heavy atom. The summed E-state index contributed by atoms with van der Waals surface area (Å²) >= 11 is 3.39. The van der Waals surface area contributed by atoms with Gasteiger partial charge in [0.2, 0.25) is 0 Å². The number of thioether (sulfide) groups is 1. The highest BCUT2D eigenvalue weighted by Crippen LogP contribution is 2.31. The molecule has 1 N–H and O–H groups in total. The summed E-state index contributed by atoms with van der Waals surface area (Å²) in [5.74, 6) is 1.80. The molecule has 18 heavy (non-hydrogen) atoms. The molecule has 0 aromatic carbocycles. The molecule has 3 nitrogen and oxygen atoms in total. The number of hydrogen-bond donors (Lipinski definition) is 1. The van der Waals surface area contributed by atoms with Crippen LogP contribution in [0.4, 0.5) is 0 Å². The second-order valence-corrected chi connectivity index (χ2v) is 6.76. The molecule has 1 aromatic rings. The molecule has 1 aliphatic carbocycles. The van der Waals surface area contributed by atoms with Gasteiger partial charge in [0.15, 0.2) is 0 Å². The number of ether oxygens (including phenoxy) is 1. The van der Waals surface area contributed by atoms with Gasteiger partial charge < -0.3 is 10.1 Å². The van der Waals surface area contributed by atoms with E-state index in [0.29, 0.717) is 21.9 Å². The monoisotopic (exact) mass is 285 g/mol. The fourth-order valence-electron chi connectivity index (χ4n) is 2.36. The Morgan fingerprint density at radius 3 is 3.17 bits per heavy atom. The molecule has 1 aliphatic rings. The molecule has 0 bridgehead atoms. The lowest BCUT2D eigenvalue weighted by Gasteiger charge is -2.19. The number of hydrogen-bond acceptors (Lipinski definition) is 4. The van der Waals surface area contributed by atoms with Crippen molar-refractivity contribution in [2.75, 3.05) is 12.9 Å². The van der Waals surface area contributed by atoms with E-state index in [2.05, 4.69) is 12.2 Å². The third-order valence-corrected chi connectivity index (χ3v) is 5.43. The Labute approximate surface area is 116 Å². The van der Waals surface area contributed by atoms with Crippen molar-refractivity contribution in [3.8, 4) is 5.75 Å². The van der Waals surface area contributed by atoms with Gasteiger partial charge in [0.05, 0.1) is 7.11 Å². The van der Waals surface area contributed by atoms with E-state index in [9.17, 15) is 4.79 Å². The van der Waals surface area contributed by atoms with Crippen LogP contribution in [0.25, 0.3) is 0 Å². The van der Waals surface area contributed by atoms with Gasteiger partial charge in [0.1, 0.15) is 10.6 Å². The van der Waals surface area contributed by atoms with Crippen molar-refractivity contribution in [1.29, 1.82) is 0 Å². The van der Waals surface area contributed by atoms with Crippen molar-refractivity contribution in [3.63, 3.8) is 0 Å².